The molecule has 3 aromatic carbocycles. The van der Waals surface area contributed by atoms with E-state index in [1.54, 1.807) is 50.2 Å². The molecule has 10 heteroatoms. The third kappa shape index (κ3) is 7.70. The average Bonchev–Trinajstić information content (AvgIpc) is 3.32. The van der Waals surface area contributed by atoms with Crippen LogP contribution in [0, 0.1) is 6.92 Å². The Morgan fingerprint density at radius 3 is 2.35 bits per heavy atom. The van der Waals surface area contributed by atoms with Crippen LogP contribution in [0.2, 0.25) is 0 Å². The number of nitrogens with one attached hydrogen (secondary N) is 1. The summed E-state index contributed by atoms with van der Waals surface area (Å²) in [4.78, 5) is 28.0. The number of benzene rings is 3. The monoisotopic (exact) mass is 613 g/mol. The maximum atomic E-state index is 13.9. The van der Waals surface area contributed by atoms with Crippen molar-refractivity contribution in [2.45, 2.75) is 56.9 Å². The van der Waals surface area contributed by atoms with Gasteiger partial charge < -0.3 is 14.2 Å². The van der Waals surface area contributed by atoms with Crippen molar-refractivity contribution in [3.8, 4) is 5.75 Å². The van der Waals surface area contributed by atoms with E-state index in [2.05, 4.69) is 34.5 Å². The molecule has 0 aliphatic heterocycles. The molecule has 0 radical (unpaired) electrons. The predicted molar refractivity (Wildman–Crippen MR) is 173 cm³/mol. The topological polar surface area (TPSA) is 97.7 Å². The second-order valence-corrected chi connectivity index (χ2v) is 12.3. The summed E-state index contributed by atoms with van der Waals surface area (Å²) in [6.07, 6.45) is 4.57. The number of ether oxygens (including phenoxy) is 1. The number of carbonyl (C=O) groups excluding carboxylic acids is 2. The summed E-state index contributed by atoms with van der Waals surface area (Å²) in [5.41, 5.74) is 3.43. The van der Waals surface area contributed by atoms with Crippen molar-refractivity contribution >= 4 is 62.3 Å². The molecule has 0 spiro atoms. The number of amides is 2. The number of rotatable bonds is 12. The van der Waals surface area contributed by atoms with E-state index in [0.717, 1.165) is 29.4 Å². The Morgan fingerprint density at radius 1 is 0.977 bits per heavy atom. The zero-order valence-corrected chi connectivity index (χ0v) is 25.7. The molecule has 1 unspecified atom stereocenters. The minimum atomic E-state index is -4.16. The number of hydrogen-bond acceptors (Lipinski definition) is 5. The van der Waals surface area contributed by atoms with Gasteiger partial charge in [-0.2, -0.15) is 0 Å². The minimum absolute atomic E-state index is 0. The number of nitrogens with zero attached hydrogens (tertiary/aromatic N) is 2. The normalized spacial score (nSPS) is 11.9. The van der Waals surface area contributed by atoms with Crippen LogP contribution in [-0.4, -0.2) is 80.5 Å². The predicted octanol–water partition coefficient (Wildman–Crippen LogP) is 5.23. The molecule has 1 aromatic heterocycles. The average molecular weight is 614 g/mol. The van der Waals surface area contributed by atoms with Gasteiger partial charge in [0.25, 0.3) is 15.9 Å². The van der Waals surface area contributed by atoms with Crippen molar-refractivity contribution in [3.63, 3.8) is 0 Å². The number of para-hydroxylation sites is 1. The molecule has 1 heterocycles. The molecule has 2 amide bonds. The van der Waals surface area contributed by atoms with E-state index in [4.69, 9.17) is 4.74 Å². The molecule has 8 nitrogen and oxygen atoms in total. The van der Waals surface area contributed by atoms with Gasteiger partial charge in [-0.15, -0.1) is 0 Å². The van der Waals surface area contributed by atoms with Crippen LogP contribution in [0.25, 0.3) is 10.9 Å². The van der Waals surface area contributed by atoms with E-state index in [1.807, 2.05) is 24.3 Å². The third-order valence-corrected chi connectivity index (χ3v) is 9.02. The van der Waals surface area contributed by atoms with Gasteiger partial charge in [0.05, 0.1) is 17.6 Å². The molecule has 1 atom stereocenters. The first kappa shape index (κ1) is 34.4. The summed E-state index contributed by atoms with van der Waals surface area (Å²) in [6, 6.07) is 20.0. The quantitative estimate of drug-likeness (QED) is 0.221. The molecule has 0 aliphatic rings. The molecular weight excluding hydrogens is 573 g/mol. The maximum absolute atomic E-state index is 13.9. The number of hydrogen-bond donors (Lipinski definition) is 1. The summed E-state index contributed by atoms with van der Waals surface area (Å²) >= 11 is 0. The summed E-state index contributed by atoms with van der Waals surface area (Å²) < 4.78 is 36.8. The van der Waals surface area contributed by atoms with Gasteiger partial charge in [0, 0.05) is 50.1 Å². The van der Waals surface area contributed by atoms with E-state index >= 15 is 0 Å². The summed E-state index contributed by atoms with van der Waals surface area (Å²) in [6.45, 7) is 4.63. The van der Waals surface area contributed by atoms with E-state index in [9.17, 15) is 18.0 Å². The standard InChI is InChI=1S/C33H39N3O5S.Na.H/c1-6-21-36-22-27(25-14-8-9-17-28(25)36)24(15-12-20-31(37)35(3)4)26-16-11-18-29(41-5)32(26)33(38)34-42(39,40)30-19-10-7-13-23(30)2;;/h7-11,13-14,16-19,22,24H,6,12,15,20-21H2,1-5H3,(H,34,38);;. The Labute approximate surface area is 276 Å². The van der Waals surface area contributed by atoms with Gasteiger partial charge in [-0.1, -0.05) is 55.5 Å². The zero-order chi connectivity index (χ0) is 30.4. The van der Waals surface area contributed by atoms with E-state index in [0.29, 0.717) is 30.4 Å². The Hall–Kier alpha value is -3.11. The molecule has 0 bridgehead atoms. The molecule has 43 heavy (non-hydrogen) atoms. The van der Waals surface area contributed by atoms with E-state index < -0.39 is 15.9 Å². The van der Waals surface area contributed by atoms with Crippen LogP contribution in [0.5, 0.6) is 5.75 Å². The number of sulfonamides is 1. The molecule has 4 rings (SSSR count). The molecule has 0 fully saturated rings. The first-order valence-electron chi connectivity index (χ1n) is 14.2. The van der Waals surface area contributed by atoms with E-state index in [-0.39, 0.29) is 57.6 Å². The Bertz CT molecular complexity index is 1700. The number of methoxy groups -OCH3 is 1. The third-order valence-electron chi connectivity index (χ3n) is 7.53. The second-order valence-electron chi connectivity index (χ2n) is 10.7. The van der Waals surface area contributed by atoms with Crippen LogP contribution >= 0.6 is 0 Å². The molecule has 0 aliphatic carbocycles. The van der Waals surface area contributed by atoms with Crippen molar-refractivity contribution in [3.05, 3.63) is 95.2 Å². The fraction of sp³-hybridized carbons (Fsp3) is 0.333. The van der Waals surface area contributed by atoms with Gasteiger partial charge in [0.2, 0.25) is 5.91 Å². The van der Waals surface area contributed by atoms with E-state index in [1.165, 1.54) is 13.2 Å². The fourth-order valence-electron chi connectivity index (χ4n) is 5.48. The molecule has 0 saturated heterocycles. The molecule has 224 valence electrons. The summed E-state index contributed by atoms with van der Waals surface area (Å²) in [5, 5.41) is 1.05. The van der Waals surface area contributed by atoms with Crippen molar-refractivity contribution in [1.29, 1.82) is 0 Å². The summed E-state index contributed by atoms with van der Waals surface area (Å²) in [7, 11) is 0.774. The Kier molecular flexibility index (Phi) is 12.0. The van der Waals surface area contributed by atoms with Crippen molar-refractivity contribution in [2.24, 2.45) is 0 Å². The fourth-order valence-corrected chi connectivity index (χ4v) is 6.68. The van der Waals surface area contributed by atoms with Gasteiger partial charge in [0.1, 0.15) is 5.75 Å². The van der Waals surface area contributed by atoms with Gasteiger partial charge in [-0.3, -0.25) is 9.59 Å². The Morgan fingerprint density at radius 2 is 1.67 bits per heavy atom. The molecular formula is C33H40N3NaO5S. The van der Waals surface area contributed by atoms with Crippen molar-refractivity contribution in [1.82, 2.24) is 14.2 Å². The first-order chi connectivity index (χ1) is 20.1. The van der Waals surface area contributed by atoms with Crippen LogP contribution in [0.1, 0.15) is 65.6 Å². The molecule has 0 saturated carbocycles. The molecule has 4 aromatic rings. The SMILES string of the molecule is CCCn1cc(C(CCCC(=O)N(C)C)c2cccc(OC)c2C(=O)NS(=O)(=O)c2ccccc2C)c2ccccc21.[NaH]. The van der Waals surface area contributed by atoms with Gasteiger partial charge in [-0.05, 0) is 61.1 Å². The number of carbonyl (C=O) groups is 2. The number of aryl methyl sites for hydroxylation is 2. The van der Waals surface area contributed by atoms with Crippen LogP contribution in [0.3, 0.4) is 0 Å². The summed E-state index contributed by atoms with van der Waals surface area (Å²) in [5.74, 6) is -0.774. The van der Waals surface area contributed by atoms with Crippen molar-refractivity contribution in [2.75, 3.05) is 21.2 Å². The first-order valence-corrected chi connectivity index (χ1v) is 15.6. The molecule has 1 N–H and O–H groups in total. The van der Waals surface area contributed by atoms with Gasteiger partial charge >= 0.3 is 29.6 Å². The number of aromatic nitrogens is 1. The number of fused-ring (bicyclic) bond motifs is 1. The van der Waals surface area contributed by atoms with Crippen molar-refractivity contribution < 1.29 is 22.7 Å². The van der Waals surface area contributed by atoms with Crippen LogP contribution in [0.15, 0.2) is 77.8 Å². The van der Waals surface area contributed by atoms with Gasteiger partial charge in [0.15, 0.2) is 0 Å². The van der Waals surface area contributed by atoms with Gasteiger partial charge in [-0.25, -0.2) is 13.1 Å². The van der Waals surface area contributed by atoms with Crippen LogP contribution in [0.4, 0.5) is 0 Å². The van der Waals surface area contributed by atoms with Crippen LogP contribution < -0.4 is 9.46 Å². The zero-order valence-electron chi connectivity index (χ0n) is 24.9. The Balaban J connectivity index is 0.00000506. The van der Waals surface area contributed by atoms with Crippen LogP contribution in [-0.2, 0) is 21.4 Å². The second kappa shape index (κ2) is 15.1.